The number of benzene rings is 1. The first-order valence-electron chi connectivity index (χ1n) is 10.5. The number of carbonyl (C=O) groups is 1. The second kappa shape index (κ2) is 9.94. The Labute approximate surface area is 195 Å². The van der Waals surface area contributed by atoms with Crippen molar-refractivity contribution in [1.82, 2.24) is 19.9 Å². The van der Waals surface area contributed by atoms with Crippen molar-refractivity contribution in [2.45, 2.75) is 12.8 Å². The number of H-pyrrole nitrogens is 2. The second-order valence-electron chi connectivity index (χ2n) is 7.61. The van der Waals surface area contributed by atoms with Gasteiger partial charge in [-0.05, 0) is 24.3 Å². The van der Waals surface area contributed by atoms with Gasteiger partial charge in [-0.2, -0.15) is 0 Å². The molecule has 1 amide bonds. The number of fused-ring (bicyclic) bond motifs is 3. The highest BCUT2D eigenvalue weighted by Crippen LogP contribution is 2.27. The molecule has 4 rings (SSSR count). The summed E-state index contributed by atoms with van der Waals surface area (Å²) in [5, 5.41) is 1.12. The molecule has 0 aliphatic heterocycles. The number of nitrogens with one attached hydrogen (secondary N) is 2. The molecule has 0 atom stereocenters. The van der Waals surface area contributed by atoms with Gasteiger partial charge in [0.1, 0.15) is 17.2 Å². The second-order valence-corrected chi connectivity index (χ2v) is 7.61. The summed E-state index contributed by atoms with van der Waals surface area (Å²) < 4.78 is 21.5. The Kier molecular flexibility index (Phi) is 6.80. The van der Waals surface area contributed by atoms with Gasteiger partial charge in [0.15, 0.2) is 6.29 Å². The lowest BCUT2D eigenvalue weighted by molar-refractivity contribution is -0.112. The van der Waals surface area contributed by atoms with E-state index in [9.17, 15) is 9.59 Å². The van der Waals surface area contributed by atoms with Gasteiger partial charge in [0.2, 0.25) is 0 Å². The first-order chi connectivity index (χ1) is 16.5. The highest BCUT2D eigenvalue weighted by Gasteiger charge is 2.24. The van der Waals surface area contributed by atoms with Crippen LogP contribution in [0.1, 0.15) is 16.1 Å². The Morgan fingerprint density at radius 1 is 1.03 bits per heavy atom. The molecule has 3 aromatic heterocycles. The molecule has 10 heteroatoms. The monoisotopic (exact) mass is 466 g/mol. The van der Waals surface area contributed by atoms with E-state index in [1.165, 1.54) is 20.4 Å². The number of nitrogens with zero attached hydrogens (tertiary/aromatic N) is 2. The summed E-state index contributed by atoms with van der Waals surface area (Å²) >= 11 is 0. The van der Waals surface area contributed by atoms with Gasteiger partial charge in [0, 0.05) is 50.2 Å². The maximum atomic E-state index is 13.6. The molecular weight excluding hydrogens is 440 g/mol. The van der Waals surface area contributed by atoms with Crippen LogP contribution in [0.3, 0.4) is 0 Å². The molecule has 0 saturated carbocycles. The summed E-state index contributed by atoms with van der Waals surface area (Å²) in [5.41, 5.74) is 2.01. The predicted molar refractivity (Wildman–Crippen MR) is 126 cm³/mol. The van der Waals surface area contributed by atoms with E-state index >= 15 is 0 Å². The first-order valence-corrected chi connectivity index (χ1v) is 10.5. The van der Waals surface area contributed by atoms with Gasteiger partial charge in [0.05, 0.1) is 37.2 Å². The molecule has 0 spiro atoms. The number of amides is 1. The molecule has 0 saturated heterocycles. The fraction of sp³-hybridized carbons (Fsp3) is 0.292. The van der Waals surface area contributed by atoms with Crippen LogP contribution in [0, 0.1) is 0 Å². The average Bonchev–Trinajstić information content (AvgIpc) is 3.30. The van der Waals surface area contributed by atoms with E-state index in [-0.39, 0.29) is 24.6 Å². The van der Waals surface area contributed by atoms with Gasteiger partial charge in [-0.15, -0.1) is 0 Å². The molecule has 10 nitrogen and oxygen atoms in total. The van der Waals surface area contributed by atoms with Crippen LogP contribution in [-0.4, -0.2) is 67.0 Å². The van der Waals surface area contributed by atoms with Gasteiger partial charge >= 0.3 is 0 Å². The Balaban J connectivity index is 1.74. The van der Waals surface area contributed by atoms with Gasteiger partial charge in [0.25, 0.3) is 11.5 Å². The van der Waals surface area contributed by atoms with Crippen molar-refractivity contribution >= 4 is 27.7 Å². The van der Waals surface area contributed by atoms with Crippen LogP contribution in [-0.2, 0) is 16.0 Å². The Morgan fingerprint density at radius 3 is 2.53 bits per heavy atom. The van der Waals surface area contributed by atoms with Crippen molar-refractivity contribution in [3.8, 4) is 11.5 Å². The minimum atomic E-state index is -0.635. The smallest absolute Gasteiger partial charge is 0.270 e. The fourth-order valence-corrected chi connectivity index (χ4v) is 3.87. The molecule has 0 bridgehead atoms. The fourth-order valence-electron chi connectivity index (χ4n) is 3.87. The van der Waals surface area contributed by atoms with Crippen LogP contribution in [0.2, 0.25) is 0 Å². The maximum absolute atomic E-state index is 13.6. The third-order valence-electron chi connectivity index (χ3n) is 5.67. The number of aromatic amines is 2. The van der Waals surface area contributed by atoms with Gasteiger partial charge in [-0.1, -0.05) is 0 Å². The van der Waals surface area contributed by atoms with Crippen molar-refractivity contribution in [2.24, 2.45) is 0 Å². The highest BCUT2D eigenvalue weighted by atomic mass is 16.7. The number of carbonyl (C=O) groups excluding carboxylic acids is 1. The molecule has 1 aromatic carbocycles. The number of ether oxygens (including phenoxy) is 4. The number of aromatic nitrogens is 3. The zero-order valence-corrected chi connectivity index (χ0v) is 19.4. The highest BCUT2D eigenvalue weighted by molar-refractivity contribution is 6.06. The van der Waals surface area contributed by atoms with Gasteiger partial charge < -0.3 is 33.8 Å². The molecule has 178 valence electrons. The summed E-state index contributed by atoms with van der Waals surface area (Å²) in [7, 11) is 6.16. The van der Waals surface area contributed by atoms with Crippen molar-refractivity contribution in [1.29, 1.82) is 0 Å². The average molecular weight is 466 g/mol. The molecule has 34 heavy (non-hydrogen) atoms. The molecule has 2 N–H and O–H groups in total. The van der Waals surface area contributed by atoms with E-state index in [0.29, 0.717) is 39.0 Å². The zero-order chi connectivity index (χ0) is 24.2. The van der Waals surface area contributed by atoms with E-state index in [4.69, 9.17) is 18.9 Å². The Bertz CT molecular complexity index is 1380. The van der Waals surface area contributed by atoms with Crippen molar-refractivity contribution in [3.05, 3.63) is 64.3 Å². The quantitative estimate of drug-likeness (QED) is 0.364. The van der Waals surface area contributed by atoms with Crippen LogP contribution >= 0.6 is 0 Å². The summed E-state index contributed by atoms with van der Waals surface area (Å²) in [5.74, 6) is 0.935. The third kappa shape index (κ3) is 4.45. The van der Waals surface area contributed by atoms with Crippen LogP contribution in [0.5, 0.6) is 11.5 Å². The number of hydrogen-bond donors (Lipinski definition) is 2. The van der Waals surface area contributed by atoms with Crippen molar-refractivity contribution in [3.63, 3.8) is 0 Å². The largest absolute Gasteiger partial charge is 0.497 e. The summed E-state index contributed by atoms with van der Waals surface area (Å²) in [6.07, 6.45) is 2.47. The number of rotatable bonds is 9. The Hall–Kier alpha value is -3.89. The van der Waals surface area contributed by atoms with Crippen LogP contribution in [0.4, 0.5) is 0 Å². The normalized spacial score (nSPS) is 11.3. The van der Waals surface area contributed by atoms with Crippen molar-refractivity contribution < 1.29 is 23.7 Å². The summed E-state index contributed by atoms with van der Waals surface area (Å²) in [4.78, 5) is 37.7. The van der Waals surface area contributed by atoms with E-state index in [1.807, 2.05) is 6.07 Å². The minimum Gasteiger partial charge on any atom is -0.497 e. The minimum absolute atomic E-state index is 0.164. The lowest BCUT2D eigenvalue weighted by atomic mass is 10.1. The third-order valence-corrected chi connectivity index (χ3v) is 5.67. The van der Waals surface area contributed by atoms with Crippen molar-refractivity contribution in [2.75, 3.05) is 35.0 Å². The van der Waals surface area contributed by atoms with Crippen LogP contribution < -0.4 is 15.0 Å². The summed E-state index contributed by atoms with van der Waals surface area (Å²) in [6.45, 7) is 0.392. The summed E-state index contributed by atoms with van der Waals surface area (Å²) in [6, 6.07) is 8.78. The zero-order valence-electron chi connectivity index (χ0n) is 19.4. The van der Waals surface area contributed by atoms with E-state index in [2.05, 4.69) is 15.0 Å². The lowest BCUT2D eigenvalue weighted by Crippen LogP contribution is -2.38. The first kappa shape index (κ1) is 23.3. The predicted octanol–water partition coefficient (Wildman–Crippen LogP) is 2.68. The SMILES string of the molecule is COc1ccc(CN(CC(OC)OC)C(=O)c2cc3[nH]c(=O)c4cnccc4c3[nH]2)c(OC)c1. The van der Waals surface area contributed by atoms with Crippen LogP contribution in [0.15, 0.2) is 47.5 Å². The van der Waals surface area contributed by atoms with Gasteiger partial charge in [-0.25, -0.2) is 0 Å². The molecule has 0 aliphatic rings. The molecule has 0 unspecified atom stereocenters. The maximum Gasteiger partial charge on any atom is 0.270 e. The van der Waals surface area contributed by atoms with Crippen LogP contribution in [0.25, 0.3) is 21.8 Å². The molecule has 0 fully saturated rings. The topological polar surface area (TPSA) is 119 Å². The Morgan fingerprint density at radius 2 is 1.82 bits per heavy atom. The molecule has 3 heterocycles. The van der Waals surface area contributed by atoms with E-state index in [0.717, 1.165) is 5.56 Å². The van der Waals surface area contributed by atoms with E-state index in [1.54, 1.807) is 49.6 Å². The molecule has 0 radical (unpaired) electrons. The molecular formula is C24H26N4O6. The number of pyridine rings is 2. The lowest BCUT2D eigenvalue weighted by Gasteiger charge is -2.26. The number of methoxy groups -OCH3 is 4. The van der Waals surface area contributed by atoms with Gasteiger partial charge in [-0.3, -0.25) is 14.6 Å². The number of hydrogen-bond acceptors (Lipinski definition) is 7. The molecule has 4 aromatic rings. The molecule has 0 aliphatic carbocycles. The standard InChI is InChI=1S/C24H26N4O6/c1-31-15-6-5-14(20(9-15)32-2)12-28(13-21(33-3)34-4)24(30)19-10-18-22(26-19)16-7-8-25-11-17(16)23(29)27-18/h5-11,21,26H,12-13H2,1-4H3,(H,27,29). The van der Waals surface area contributed by atoms with E-state index < -0.39 is 6.29 Å².